The van der Waals surface area contributed by atoms with Crippen LogP contribution in [-0.4, -0.2) is 32.6 Å². The molecule has 4 rings (SSSR count). The first kappa shape index (κ1) is 25.4. The summed E-state index contributed by atoms with van der Waals surface area (Å²) < 4.78 is 1.99. The number of nitrogens with zero attached hydrogens (tertiary/aromatic N) is 4. The van der Waals surface area contributed by atoms with Crippen LogP contribution in [-0.2, 0) is 10.2 Å². The van der Waals surface area contributed by atoms with Gasteiger partial charge in [-0.15, -0.1) is 10.2 Å². The molecule has 7 heteroatoms. The number of amides is 1. The second kappa shape index (κ2) is 10.9. The van der Waals surface area contributed by atoms with Gasteiger partial charge in [0.25, 0.3) is 5.91 Å². The van der Waals surface area contributed by atoms with E-state index in [1.165, 1.54) is 28.5 Å². The molecule has 184 valence electrons. The summed E-state index contributed by atoms with van der Waals surface area (Å²) in [6.07, 6.45) is 1.65. The fraction of sp³-hybridized carbons (Fsp3) is 0.241. The fourth-order valence-corrected chi connectivity index (χ4v) is 4.33. The Labute approximate surface area is 216 Å². The van der Waals surface area contributed by atoms with Gasteiger partial charge in [-0.3, -0.25) is 9.36 Å². The van der Waals surface area contributed by atoms with Crippen LogP contribution in [0.25, 0.3) is 17.1 Å². The van der Waals surface area contributed by atoms with E-state index in [2.05, 4.69) is 91.7 Å². The van der Waals surface area contributed by atoms with Crippen molar-refractivity contribution in [3.63, 3.8) is 0 Å². The van der Waals surface area contributed by atoms with Gasteiger partial charge in [0.15, 0.2) is 11.0 Å². The van der Waals surface area contributed by atoms with Crippen molar-refractivity contribution in [3.05, 3.63) is 95.1 Å². The Hall–Kier alpha value is -3.71. The van der Waals surface area contributed by atoms with Crippen LogP contribution in [0.4, 0.5) is 0 Å². The molecule has 36 heavy (non-hydrogen) atoms. The fourth-order valence-electron chi connectivity index (χ4n) is 3.59. The van der Waals surface area contributed by atoms with Crippen molar-refractivity contribution < 1.29 is 4.79 Å². The van der Waals surface area contributed by atoms with Crippen molar-refractivity contribution in [3.8, 4) is 17.1 Å². The summed E-state index contributed by atoms with van der Waals surface area (Å²) in [5.41, 5.74) is 9.15. The Bertz CT molecular complexity index is 1350. The molecule has 3 aromatic carbocycles. The molecule has 1 N–H and O–H groups in total. The molecular weight excluding hydrogens is 466 g/mol. The standard InChI is InChI=1S/C29H31N5OS/c1-20-6-12-23(13-7-20)27-32-33-28(34(27)25-16-8-21(2)9-17-25)36-19-26(35)31-30-18-22-10-14-24(15-11-22)29(3,4)5/h6-18H,19H2,1-5H3,(H,31,35). The number of hydrogen-bond donors (Lipinski definition) is 1. The van der Waals surface area contributed by atoms with E-state index in [4.69, 9.17) is 0 Å². The first-order valence-corrected chi connectivity index (χ1v) is 12.8. The van der Waals surface area contributed by atoms with E-state index in [0.717, 1.165) is 22.6 Å². The van der Waals surface area contributed by atoms with E-state index in [9.17, 15) is 4.79 Å². The highest BCUT2D eigenvalue weighted by Gasteiger charge is 2.17. The van der Waals surface area contributed by atoms with E-state index in [1.54, 1.807) is 6.21 Å². The zero-order valence-electron chi connectivity index (χ0n) is 21.3. The summed E-state index contributed by atoms with van der Waals surface area (Å²) in [6.45, 7) is 10.6. The molecule has 0 spiro atoms. The van der Waals surface area contributed by atoms with Crippen molar-refractivity contribution in [2.75, 3.05) is 5.75 Å². The van der Waals surface area contributed by atoms with E-state index in [-0.39, 0.29) is 17.1 Å². The van der Waals surface area contributed by atoms with Crippen molar-refractivity contribution in [2.24, 2.45) is 5.10 Å². The van der Waals surface area contributed by atoms with Crippen LogP contribution >= 0.6 is 11.8 Å². The molecule has 0 fully saturated rings. The quantitative estimate of drug-likeness (QED) is 0.190. The molecule has 0 aliphatic carbocycles. The number of carbonyl (C=O) groups excluding carboxylic acids is 1. The summed E-state index contributed by atoms with van der Waals surface area (Å²) in [4.78, 5) is 12.5. The number of carbonyl (C=O) groups is 1. The van der Waals surface area contributed by atoms with Crippen molar-refractivity contribution in [1.29, 1.82) is 0 Å². The van der Waals surface area contributed by atoms with Gasteiger partial charge in [-0.1, -0.05) is 104 Å². The van der Waals surface area contributed by atoms with Gasteiger partial charge < -0.3 is 0 Å². The molecule has 0 bridgehead atoms. The number of thioether (sulfide) groups is 1. The van der Waals surface area contributed by atoms with Crippen LogP contribution < -0.4 is 5.43 Å². The molecule has 4 aromatic rings. The van der Waals surface area contributed by atoms with Crippen LogP contribution in [0.5, 0.6) is 0 Å². The van der Waals surface area contributed by atoms with Gasteiger partial charge in [0, 0.05) is 11.3 Å². The zero-order chi connectivity index (χ0) is 25.7. The average Bonchev–Trinajstić information content (AvgIpc) is 3.27. The summed E-state index contributed by atoms with van der Waals surface area (Å²) >= 11 is 1.33. The van der Waals surface area contributed by atoms with Crippen molar-refractivity contribution in [2.45, 2.75) is 45.2 Å². The molecular formula is C29H31N5OS. The van der Waals surface area contributed by atoms with Gasteiger partial charge in [-0.25, -0.2) is 5.43 Å². The Balaban J connectivity index is 1.46. The smallest absolute Gasteiger partial charge is 0.250 e. The molecule has 1 aromatic heterocycles. The molecule has 1 amide bonds. The summed E-state index contributed by atoms with van der Waals surface area (Å²) in [5.74, 6) is 0.689. The third-order valence-corrected chi connectivity index (χ3v) is 6.68. The van der Waals surface area contributed by atoms with Gasteiger partial charge in [0.05, 0.1) is 12.0 Å². The normalized spacial score (nSPS) is 11.7. The number of aryl methyl sites for hydroxylation is 2. The number of nitrogens with one attached hydrogen (secondary N) is 1. The molecule has 0 saturated carbocycles. The maximum absolute atomic E-state index is 12.5. The number of hydrazone groups is 1. The lowest BCUT2D eigenvalue weighted by Crippen LogP contribution is -2.20. The first-order valence-electron chi connectivity index (χ1n) is 11.9. The third kappa shape index (κ3) is 6.29. The van der Waals surface area contributed by atoms with Crippen LogP contribution in [0.2, 0.25) is 0 Å². The molecule has 0 aliphatic heterocycles. The molecule has 0 atom stereocenters. The van der Waals surface area contributed by atoms with Gasteiger partial charge in [-0.2, -0.15) is 5.10 Å². The second-order valence-electron chi connectivity index (χ2n) is 9.80. The van der Waals surface area contributed by atoms with Crippen LogP contribution in [0.3, 0.4) is 0 Å². The van der Waals surface area contributed by atoms with Crippen LogP contribution in [0.1, 0.15) is 43.0 Å². The van der Waals surface area contributed by atoms with E-state index in [0.29, 0.717) is 5.16 Å². The lowest BCUT2D eigenvalue weighted by atomic mass is 9.87. The van der Waals surface area contributed by atoms with Crippen LogP contribution in [0.15, 0.2) is 83.1 Å². The monoisotopic (exact) mass is 497 g/mol. The predicted molar refractivity (Wildman–Crippen MR) is 148 cm³/mol. The largest absolute Gasteiger partial charge is 0.272 e. The predicted octanol–water partition coefficient (Wildman–Crippen LogP) is 6.09. The van der Waals surface area contributed by atoms with E-state index in [1.807, 2.05) is 41.0 Å². The van der Waals surface area contributed by atoms with Gasteiger partial charge >= 0.3 is 0 Å². The molecule has 1 heterocycles. The Morgan fingerprint density at radius 1 is 0.917 bits per heavy atom. The average molecular weight is 498 g/mol. The summed E-state index contributed by atoms with van der Waals surface area (Å²) in [6, 6.07) is 24.5. The van der Waals surface area contributed by atoms with Gasteiger partial charge in [0.2, 0.25) is 0 Å². The van der Waals surface area contributed by atoms with E-state index >= 15 is 0 Å². The lowest BCUT2D eigenvalue weighted by molar-refractivity contribution is -0.118. The minimum absolute atomic E-state index is 0.0968. The van der Waals surface area contributed by atoms with Crippen LogP contribution in [0, 0.1) is 13.8 Å². The highest BCUT2D eigenvalue weighted by Crippen LogP contribution is 2.28. The second-order valence-corrected chi connectivity index (χ2v) is 10.7. The minimum atomic E-state index is -0.210. The number of benzene rings is 3. The first-order chi connectivity index (χ1) is 17.2. The van der Waals surface area contributed by atoms with E-state index < -0.39 is 0 Å². The zero-order valence-corrected chi connectivity index (χ0v) is 22.1. The molecule has 0 saturated heterocycles. The highest BCUT2D eigenvalue weighted by atomic mass is 32.2. The Morgan fingerprint density at radius 3 is 2.14 bits per heavy atom. The number of aromatic nitrogens is 3. The number of rotatable bonds is 7. The number of hydrogen-bond acceptors (Lipinski definition) is 5. The van der Waals surface area contributed by atoms with Crippen molar-refractivity contribution >= 4 is 23.9 Å². The van der Waals surface area contributed by atoms with Gasteiger partial charge in [-0.05, 0) is 42.5 Å². The molecule has 0 aliphatic rings. The van der Waals surface area contributed by atoms with Gasteiger partial charge in [0.1, 0.15) is 0 Å². The SMILES string of the molecule is Cc1ccc(-c2nnc(SCC(=O)NN=Cc3ccc(C(C)(C)C)cc3)n2-c2ccc(C)cc2)cc1. The molecule has 0 unspecified atom stereocenters. The maximum atomic E-state index is 12.5. The molecule has 0 radical (unpaired) electrons. The summed E-state index contributed by atoms with van der Waals surface area (Å²) in [5, 5.41) is 13.6. The maximum Gasteiger partial charge on any atom is 0.250 e. The topological polar surface area (TPSA) is 72.2 Å². The third-order valence-electron chi connectivity index (χ3n) is 5.75. The Kier molecular flexibility index (Phi) is 7.70. The molecule has 6 nitrogen and oxygen atoms in total. The summed E-state index contributed by atoms with van der Waals surface area (Å²) in [7, 11) is 0. The highest BCUT2D eigenvalue weighted by molar-refractivity contribution is 7.99. The van der Waals surface area contributed by atoms with Crippen molar-refractivity contribution in [1.82, 2.24) is 20.2 Å². The lowest BCUT2D eigenvalue weighted by Gasteiger charge is -2.18. The Morgan fingerprint density at radius 2 is 1.53 bits per heavy atom. The minimum Gasteiger partial charge on any atom is -0.272 e.